The third-order valence-electron chi connectivity index (χ3n) is 4.26. The van der Waals surface area contributed by atoms with Gasteiger partial charge in [0.15, 0.2) is 0 Å². The number of carbonyl (C=O) groups excluding carboxylic acids is 2. The van der Waals surface area contributed by atoms with Crippen LogP contribution in [0.2, 0.25) is 5.02 Å². The summed E-state index contributed by atoms with van der Waals surface area (Å²) < 4.78 is 62.8. The summed E-state index contributed by atoms with van der Waals surface area (Å²) in [4.78, 5) is 24.5. The maximum Gasteiger partial charge on any atom is 0.416 e. The van der Waals surface area contributed by atoms with E-state index in [0.717, 1.165) is 24.3 Å². The van der Waals surface area contributed by atoms with Gasteiger partial charge in [0, 0.05) is 5.69 Å². The molecule has 1 aliphatic heterocycles. The van der Waals surface area contributed by atoms with Gasteiger partial charge in [0.2, 0.25) is 15.9 Å². The zero-order valence-electron chi connectivity index (χ0n) is 14.8. The molecule has 3 rings (SSSR count). The molecule has 0 saturated carbocycles. The lowest BCUT2D eigenvalue weighted by Gasteiger charge is -2.16. The van der Waals surface area contributed by atoms with Gasteiger partial charge in [0.25, 0.3) is 5.91 Å². The monoisotopic (exact) mass is 446 g/mol. The number of anilines is 2. The van der Waals surface area contributed by atoms with Crippen molar-refractivity contribution in [1.82, 2.24) is 0 Å². The van der Waals surface area contributed by atoms with Gasteiger partial charge in [-0.2, -0.15) is 13.2 Å². The van der Waals surface area contributed by atoms with E-state index in [2.05, 4.69) is 5.32 Å². The largest absolute Gasteiger partial charge is 0.416 e. The summed E-state index contributed by atoms with van der Waals surface area (Å²) in [6, 6.07) is 7.52. The Labute approximate surface area is 169 Å². The normalized spacial score (nSPS) is 18.7. The lowest BCUT2D eigenvalue weighted by atomic mass is 10.1. The van der Waals surface area contributed by atoms with Crippen LogP contribution in [0.25, 0.3) is 0 Å². The summed E-state index contributed by atoms with van der Waals surface area (Å²) in [6.07, 6.45) is -4.49. The van der Waals surface area contributed by atoms with E-state index in [1.165, 1.54) is 25.1 Å². The number of amides is 2. The molecule has 0 bridgehead atoms. The average molecular weight is 447 g/mol. The number of hydrogen-bond acceptors (Lipinski definition) is 4. The van der Waals surface area contributed by atoms with E-state index in [-0.39, 0.29) is 27.7 Å². The van der Waals surface area contributed by atoms with Crippen molar-refractivity contribution in [2.45, 2.75) is 13.1 Å². The second-order valence-electron chi connectivity index (χ2n) is 6.48. The van der Waals surface area contributed by atoms with Crippen LogP contribution in [0.4, 0.5) is 24.5 Å². The third kappa shape index (κ3) is 4.23. The number of nitrogens with zero attached hydrogens (tertiary/aromatic N) is 1. The molecule has 11 heteroatoms. The Hall–Kier alpha value is -2.59. The summed E-state index contributed by atoms with van der Waals surface area (Å²) in [7, 11) is -3.82. The Balaban J connectivity index is 1.82. The lowest BCUT2D eigenvalue weighted by Crippen LogP contribution is -2.30. The fourth-order valence-corrected chi connectivity index (χ4v) is 4.92. The van der Waals surface area contributed by atoms with Crippen molar-refractivity contribution in [2.75, 3.05) is 15.4 Å². The minimum Gasteiger partial charge on any atom is -0.322 e. The molecule has 29 heavy (non-hydrogen) atoms. The Kier molecular flexibility index (Phi) is 5.35. The van der Waals surface area contributed by atoms with Crippen LogP contribution in [0.3, 0.4) is 0 Å². The highest BCUT2D eigenvalue weighted by molar-refractivity contribution is 7.94. The van der Waals surface area contributed by atoms with Crippen molar-refractivity contribution in [2.24, 2.45) is 5.92 Å². The van der Waals surface area contributed by atoms with Crippen molar-refractivity contribution < 1.29 is 31.2 Å². The first-order valence-electron chi connectivity index (χ1n) is 8.25. The number of hydrogen-bond donors (Lipinski definition) is 1. The van der Waals surface area contributed by atoms with E-state index >= 15 is 0 Å². The molecule has 1 saturated heterocycles. The maximum atomic E-state index is 12.6. The second kappa shape index (κ2) is 7.34. The third-order valence-corrected chi connectivity index (χ3v) is 6.44. The van der Waals surface area contributed by atoms with Crippen LogP contribution < -0.4 is 9.62 Å². The lowest BCUT2D eigenvalue weighted by molar-refractivity contribution is -0.137. The predicted molar refractivity (Wildman–Crippen MR) is 101 cm³/mol. The van der Waals surface area contributed by atoms with Gasteiger partial charge in [-0.05, 0) is 42.5 Å². The van der Waals surface area contributed by atoms with Crippen LogP contribution in [0.15, 0.2) is 42.5 Å². The number of sulfonamides is 1. The predicted octanol–water partition coefficient (Wildman–Crippen LogP) is 3.92. The van der Waals surface area contributed by atoms with Gasteiger partial charge in [0.05, 0.1) is 33.5 Å². The minimum absolute atomic E-state index is 0.00966. The molecule has 2 aromatic carbocycles. The summed E-state index contributed by atoms with van der Waals surface area (Å²) in [5.74, 6) is -2.31. The molecule has 1 heterocycles. The fourth-order valence-electron chi connectivity index (χ4n) is 2.84. The fraction of sp³-hybridized carbons (Fsp3) is 0.222. The quantitative estimate of drug-likeness (QED) is 0.774. The molecule has 1 atom stereocenters. The maximum absolute atomic E-state index is 12.6. The molecule has 1 aliphatic rings. The highest BCUT2D eigenvalue weighted by atomic mass is 35.5. The average Bonchev–Trinajstić information content (AvgIpc) is 2.81. The van der Waals surface area contributed by atoms with Crippen LogP contribution in [0, 0.1) is 5.92 Å². The number of nitrogens with one attached hydrogen (secondary N) is 1. The molecule has 1 N–H and O–H groups in total. The van der Waals surface area contributed by atoms with Crippen molar-refractivity contribution in [3.8, 4) is 0 Å². The summed E-state index contributed by atoms with van der Waals surface area (Å²) in [6.45, 7) is 1.49. The standard InChI is InChI=1S/C18H14ClF3N2O4S/c1-10-9-29(27,28)24(17(10)26)13-6-7-14(15(19)8-13)16(25)23-12-4-2-11(3-5-12)18(20,21)22/h2-8,10H,9H2,1H3,(H,23,25). The molecule has 0 spiro atoms. The SMILES string of the molecule is CC1CS(=O)(=O)N(c2ccc(C(=O)Nc3ccc(C(F)(F)F)cc3)c(Cl)c2)C1=O. The number of alkyl halides is 3. The van der Waals surface area contributed by atoms with E-state index < -0.39 is 39.5 Å². The zero-order valence-corrected chi connectivity index (χ0v) is 16.4. The Bertz CT molecular complexity index is 1090. The Morgan fingerprint density at radius 1 is 1.17 bits per heavy atom. The molecule has 6 nitrogen and oxygen atoms in total. The van der Waals surface area contributed by atoms with E-state index in [9.17, 15) is 31.2 Å². The van der Waals surface area contributed by atoms with E-state index in [0.29, 0.717) is 4.31 Å². The molecule has 0 aliphatic carbocycles. The zero-order chi connectivity index (χ0) is 21.6. The van der Waals surface area contributed by atoms with Crippen molar-refractivity contribution in [1.29, 1.82) is 0 Å². The van der Waals surface area contributed by atoms with Gasteiger partial charge in [-0.25, -0.2) is 12.7 Å². The van der Waals surface area contributed by atoms with Gasteiger partial charge in [-0.3, -0.25) is 9.59 Å². The van der Waals surface area contributed by atoms with Crippen molar-refractivity contribution >= 4 is 44.8 Å². The van der Waals surface area contributed by atoms with Gasteiger partial charge < -0.3 is 5.32 Å². The highest BCUT2D eigenvalue weighted by Crippen LogP contribution is 2.32. The Morgan fingerprint density at radius 2 is 1.79 bits per heavy atom. The van der Waals surface area contributed by atoms with Gasteiger partial charge >= 0.3 is 6.18 Å². The molecule has 1 unspecified atom stereocenters. The van der Waals surface area contributed by atoms with Gasteiger partial charge in [-0.1, -0.05) is 18.5 Å². The molecule has 2 amide bonds. The van der Waals surface area contributed by atoms with Crippen LogP contribution in [0.5, 0.6) is 0 Å². The number of rotatable bonds is 3. The molecular formula is C18H14ClF3N2O4S. The first kappa shape index (κ1) is 21.1. The molecule has 0 aromatic heterocycles. The van der Waals surface area contributed by atoms with Crippen molar-refractivity contribution in [3.63, 3.8) is 0 Å². The van der Waals surface area contributed by atoms with E-state index in [1.807, 2.05) is 0 Å². The summed E-state index contributed by atoms with van der Waals surface area (Å²) in [5.41, 5.74) is -0.763. The minimum atomic E-state index is -4.49. The molecule has 0 radical (unpaired) electrons. The van der Waals surface area contributed by atoms with Gasteiger partial charge in [0.1, 0.15) is 0 Å². The van der Waals surface area contributed by atoms with Crippen LogP contribution in [-0.4, -0.2) is 26.0 Å². The molecule has 2 aromatic rings. The highest BCUT2D eigenvalue weighted by Gasteiger charge is 2.42. The van der Waals surface area contributed by atoms with E-state index in [4.69, 9.17) is 11.6 Å². The van der Waals surface area contributed by atoms with Crippen LogP contribution in [0.1, 0.15) is 22.8 Å². The van der Waals surface area contributed by atoms with Gasteiger partial charge in [-0.15, -0.1) is 0 Å². The Morgan fingerprint density at radius 3 is 2.28 bits per heavy atom. The molecule has 154 valence electrons. The van der Waals surface area contributed by atoms with Crippen molar-refractivity contribution in [3.05, 3.63) is 58.6 Å². The first-order valence-corrected chi connectivity index (χ1v) is 10.2. The van der Waals surface area contributed by atoms with E-state index in [1.54, 1.807) is 0 Å². The number of carbonyl (C=O) groups is 2. The summed E-state index contributed by atoms with van der Waals surface area (Å²) in [5, 5.41) is 2.29. The number of halogens is 4. The number of benzene rings is 2. The summed E-state index contributed by atoms with van der Waals surface area (Å²) >= 11 is 6.09. The van der Waals surface area contributed by atoms with Crippen LogP contribution >= 0.6 is 11.6 Å². The second-order valence-corrected chi connectivity index (χ2v) is 8.75. The topological polar surface area (TPSA) is 83.6 Å². The smallest absolute Gasteiger partial charge is 0.322 e. The van der Waals surface area contributed by atoms with Crippen LogP contribution in [-0.2, 0) is 21.0 Å². The molecular weight excluding hydrogens is 433 g/mol. The molecule has 1 fully saturated rings. The first-order chi connectivity index (χ1) is 13.4.